The average Bonchev–Trinajstić information content (AvgIpc) is 3.98. The molecule has 0 aliphatic heterocycles. The summed E-state index contributed by atoms with van der Waals surface area (Å²) in [5.41, 5.74) is 15.2. The van der Waals surface area contributed by atoms with Crippen molar-refractivity contribution in [1.82, 2.24) is 0 Å². The predicted molar refractivity (Wildman–Crippen MR) is 272 cm³/mol. The van der Waals surface area contributed by atoms with Gasteiger partial charge in [-0.3, -0.25) is 0 Å². The molecular weight excluding hydrogens is 791 g/mol. The number of furan rings is 2. The van der Waals surface area contributed by atoms with Crippen LogP contribution < -0.4 is 4.90 Å². The SMILES string of the molecule is c1ccc(-c2ccc(-c3ccc(N(c4cc5ccccc5c5c4oc4c(-c6ccccc6)cccc45)c4cc5ccccc5c5c4oc4c(-c6ccccc6)cccc45)cc3)cc2)cc1. The molecule has 0 atom stereocenters. The van der Waals surface area contributed by atoms with Gasteiger partial charge in [-0.25, -0.2) is 0 Å². The maximum atomic E-state index is 7.31. The van der Waals surface area contributed by atoms with E-state index in [4.69, 9.17) is 8.83 Å². The van der Waals surface area contributed by atoms with E-state index in [1.807, 2.05) is 0 Å². The number of rotatable bonds is 7. The molecule has 0 saturated carbocycles. The first kappa shape index (κ1) is 36.9. The van der Waals surface area contributed by atoms with Gasteiger partial charge >= 0.3 is 0 Å². The lowest BCUT2D eigenvalue weighted by Crippen LogP contribution is -2.11. The topological polar surface area (TPSA) is 29.5 Å². The van der Waals surface area contributed by atoms with Gasteiger partial charge in [0.25, 0.3) is 0 Å². The van der Waals surface area contributed by atoms with E-state index in [0.29, 0.717) is 0 Å². The zero-order chi connectivity index (χ0) is 42.8. The fraction of sp³-hybridized carbons (Fsp3) is 0. The number of benzene rings is 11. The zero-order valence-corrected chi connectivity index (χ0v) is 35.3. The van der Waals surface area contributed by atoms with E-state index in [2.05, 4.69) is 241 Å². The number of hydrogen-bond acceptors (Lipinski definition) is 3. The molecule has 3 nitrogen and oxygen atoms in total. The highest BCUT2D eigenvalue weighted by Crippen LogP contribution is 2.51. The molecule has 3 heteroatoms. The predicted octanol–water partition coefficient (Wildman–Crippen LogP) is 17.9. The van der Waals surface area contributed by atoms with Crippen molar-refractivity contribution in [1.29, 1.82) is 0 Å². The summed E-state index contributed by atoms with van der Waals surface area (Å²) in [6.07, 6.45) is 0. The van der Waals surface area contributed by atoms with Crippen LogP contribution in [0.3, 0.4) is 0 Å². The maximum absolute atomic E-state index is 7.31. The fourth-order valence-corrected chi connectivity index (χ4v) is 9.98. The molecule has 0 fully saturated rings. The quantitative estimate of drug-likeness (QED) is 0.160. The number of para-hydroxylation sites is 2. The Hall–Kier alpha value is -8.66. The number of hydrogen-bond donors (Lipinski definition) is 0. The van der Waals surface area contributed by atoms with Crippen molar-refractivity contribution in [2.24, 2.45) is 0 Å². The largest absolute Gasteiger partial charge is 0.453 e. The van der Waals surface area contributed by atoms with Crippen molar-refractivity contribution in [3.05, 3.63) is 237 Å². The molecule has 2 heterocycles. The molecule has 2 aromatic heterocycles. The normalized spacial score (nSPS) is 11.7. The van der Waals surface area contributed by atoms with E-state index < -0.39 is 0 Å². The van der Waals surface area contributed by atoms with Crippen molar-refractivity contribution < 1.29 is 8.83 Å². The minimum atomic E-state index is 0.810. The molecule has 0 radical (unpaired) electrons. The van der Waals surface area contributed by atoms with Crippen molar-refractivity contribution in [2.45, 2.75) is 0 Å². The van der Waals surface area contributed by atoms with Crippen LogP contribution in [0.2, 0.25) is 0 Å². The van der Waals surface area contributed by atoms with E-state index >= 15 is 0 Å². The van der Waals surface area contributed by atoms with Crippen LogP contribution in [0, 0.1) is 0 Å². The first-order valence-electron chi connectivity index (χ1n) is 22.2. The number of fused-ring (bicyclic) bond motifs is 10. The summed E-state index contributed by atoms with van der Waals surface area (Å²) in [5.74, 6) is 0. The smallest absolute Gasteiger partial charge is 0.160 e. The second kappa shape index (κ2) is 15.0. The highest BCUT2D eigenvalue weighted by Gasteiger charge is 2.27. The second-order valence-corrected chi connectivity index (χ2v) is 16.8. The van der Waals surface area contributed by atoms with Gasteiger partial charge in [-0.05, 0) is 79.2 Å². The van der Waals surface area contributed by atoms with Gasteiger partial charge < -0.3 is 13.7 Å². The van der Waals surface area contributed by atoms with Gasteiger partial charge in [0.05, 0.1) is 11.4 Å². The Balaban J connectivity index is 1.10. The minimum Gasteiger partial charge on any atom is -0.453 e. The molecule has 0 spiro atoms. The molecule has 13 rings (SSSR count). The number of anilines is 3. The average molecular weight is 830 g/mol. The lowest BCUT2D eigenvalue weighted by atomic mass is 9.97. The van der Waals surface area contributed by atoms with Gasteiger partial charge in [0.1, 0.15) is 11.2 Å². The van der Waals surface area contributed by atoms with Crippen LogP contribution in [0.25, 0.3) is 110 Å². The molecule has 0 N–H and O–H groups in total. The van der Waals surface area contributed by atoms with Gasteiger partial charge in [0, 0.05) is 38.4 Å². The highest BCUT2D eigenvalue weighted by molar-refractivity contribution is 6.27. The lowest BCUT2D eigenvalue weighted by Gasteiger charge is -2.27. The molecule has 0 unspecified atom stereocenters. The first-order valence-corrected chi connectivity index (χ1v) is 22.2. The van der Waals surface area contributed by atoms with Crippen LogP contribution in [0.5, 0.6) is 0 Å². The summed E-state index contributed by atoms with van der Waals surface area (Å²) < 4.78 is 14.6. The molecular formula is C62H39NO2. The Labute approximate surface area is 375 Å². The Morgan fingerprint density at radius 3 is 1.06 bits per heavy atom. The molecule has 0 saturated heterocycles. The van der Waals surface area contributed by atoms with E-state index in [1.165, 1.54) is 11.1 Å². The van der Waals surface area contributed by atoms with Crippen LogP contribution >= 0.6 is 0 Å². The Morgan fingerprint density at radius 2 is 0.615 bits per heavy atom. The Bertz CT molecular complexity index is 3710. The van der Waals surface area contributed by atoms with Gasteiger partial charge in [-0.1, -0.05) is 212 Å². The summed E-state index contributed by atoms with van der Waals surface area (Å²) in [6, 6.07) is 84.3. The summed E-state index contributed by atoms with van der Waals surface area (Å²) in [4.78, 5) is 2.36. The first-order chi connectivity index (χ1) is 32.2. The monoisotopic (exact) mass is 829 g/mol. The van der Waals surface area contributed by atoms with Gasteiger partial charge in [-0.15, -0.1) is 0 Å². The van der Waals surface area contributed by atoms with Crippen molar-refractivity contribution in [2.75, 3.05) is 4.90 Å². The van der Waals surface area contributed by atoms with E-state index in [0.717, 1.165) is 116 Å². The maximum Gasteiger partial charge on any atom is 0.160 e. The van der Waals surface area contributed by atoms with Crippen molar-refractivity contribution >= 4 is 82.5 Å². The second-order valence-electron chi connectivity index (χ2n) is 16.8. The molecule has 11 aromatic carbocycles. The molecule has 0 amide bonds. The molecule has 13 aromatic rings. The van der Waals surface area contributed by atoms with Gasteiger partial charge in [0.2, 0.25) is 0 Å². The minimum absolute atomic E-state index is 0.810. The lowest BCUT2D eigenvalue weighted by molar-refractivity contribution is 0.667. The van der Waals surface area contributed by atoms with E-state index in [9.17, 15) is 0 Å². The molecule has 0 aliphatic rings. The van der Waals surface area contributed by atoms with Gasteiger partial charge in [0.15, 0.2) is 11.2 Å². The fourth-order valence-electron chi connectivity index (χ4n) is 9.98. The summed E-state index contributed by atoms with van der Waals surface area (Å²) in [5, 5.41) is 8.85. The third-order valence-corrected chi connectivity index (χ3v) is 13.0. The Morgan fingerprint density at radius 1 is 0.262 bits per heavy atom. The molecule has 304 valence electrons. The third kappa shape index (κ3) is 6.05. The summed E-state index contributed by atoms with van der Waals surface area (Å²) in [7, 11) is 0. The van der Waals surface area contributed by atoms with Crippen molar-refractivity contribution in [3.8, 4) is 44.5 Å². The van der Waals surface area contributed by atoms with Crippen molar-refractivity contribution in [3.63, 3.8) is 0 Å². The summed E-state index contributed by atoms with van der Waals surface area (Å²) >= 11 is 0. The van der Waals surface area contributed by atoms with Crippen LogP contribution in [0.1, 0.15) is 0 Å². The Kier molecular flexibility index (Phi) is 8.53. The standard InChI is InChI=1S/C62H39NO2/c1-4-16-40(17-5-1)41-30-32-42(33-31-41)43-34-36-48(37-35-43)63(55-38-46-22-10-12-24-49(46)57-53-28-14-26-51(59(53)64-61(55)57)44-18-6-2-7-19-44)56-39-47-23-11-13-25-50(47)58-54-29-15-27-52(60(54)65-62(56)58)45-20-8-3-9-21-45/h1-39H. The molecule has 0 bridgehead atoms. The van der Waals surface area contributed by atoms with E-state index in [-0.39, 0.29) is 0 Å². The van der Waals surface area contributed by atoms with Gasteiger partial charge in [-0.2, -0.15) is 0 Å². The van der Waals surface area contributed by atoms with Crippen LogP contribution in [0.4, 0.5) is 17.1 Å². The van der Waals surface area contributed by atoms with Crippen LogP contribution in [0.15, 0.2) is 245 Å². The zero-order valence-electron chi connectivity index (χ0n) is 35.3. The molecule has 0 aliphatic carbocycles. The van der Waals surface area contributed by atoms with E-state index in [1.54, 1.807) is 0 Å². The van der Waals surface area contributed by atoms with Crippen LogP contribution in [-0.2, 0) is 0 Å². The third-order valence-electron chi connectivity index (χ3n) is 13.0. The molecule has 65 heavy (non-hydrogen) atoms. The number of nitrogens with zero attached hydrogens (tertiary/aromatic N) is 1. The highest BCUT2D eigenvalue weighted by atomic mass is 16.3. The van der Waals surface area contributed by atoms with Crippen LogP contribution in [-0.4, -0.2) is 0 Å². The summed E-state index contributed by atoms with van der Waals surface area (Å²) in [6.45, 7) is 0.